The largest absolute Gasteiger partial charge is 0.494 e. The van der Waals surface area contributed by atoms with Crippen LogP contribution in [-0.2, 0) is 0 Å². The fraction of sp³-hybridized carbons (Fsp3) is 0.167. The van der Waals surface area contributed by atoms with E-state index < -0.39 is 0 Å². The summed E-state index contributed by atoms with van der Waals surface area (Å²) in [7, 11) is 0. The molecule has 0 unspecified atom stereocenters. The summed E-state index contributed by atoms with van der Waals surface area (Å²) in [4.78, 5) is 12.0. The fourth-order valence-corrected chi connectivity index (χ4v) is 1.95. The van der Waals surface area contributed by atoms with E-state index in [1.165, 1.54) is 0 Å². The molecule has 2 aromatic rings. The Kier molecular flexibility index (Phi) is 5.16. The highest BCUT2D eigenvalue weighted by molar-refractivity contribution is 6.05. The van der Waals surface area contributed by atoms with Crippen LogP contribution in [0.4, 0.5) is 5.69 Å². The Morgan fingerprint density at radius 2 is 1.76 bits per heavy atom. The third kappa shape index (κ3) is 4.49. The van der Waals surface area contributed by atoms with Gasteiger partial charge in [-0.05, 0) is 38.1 Å². The number of carbonyl (C=O) groups is 1. The molecule has 0 atom stereocenters. The molecule has 0 radical (unpaired) electrons. The van der Waals surface area contributed by atoms with Gasteiger partial charge in [0.15, 0.2) is 5.78 Å². The van der Waals surface area contributed by atoms with Crippen LogP contribution in [0.3, 0.4) is 0 Å². The number of allylic oxidation sites excluding steroid dienone is 2. The molecule has 1 N–H and O–H groups in total. The van der Waals surface area contributed by atoms with E-state index in [0.29, 0.717) is 12.2 Å². The number of nitrogens with one attached hydrogen (secondary N) is 1. The average molecular weight is 281 g/mol. The highest BCUT2D eigenvalue weighted by atomic mass is 16.5. The zero-order chi connectivity index (χ0) is 15.1. The molecule has 3 nitrogen and oxygen atoms in total. The van der Waals surface area contributed by atoms with Crippen molar-refractivity contribution in [3.63, 3.8) is 0 Å². The van der Waals surface area contributed by atoms with E-state index in [0.717, 1.165) is 17.1 Å². The summed E-state index contributed by atoms with van der Waals surface area (Å²) in [5, 5.41) is 3.20. The van der Waals surface area contributed by atoms with Crippen molar-refractivity contribution < 1.29 is 9.53 Å². The number of carbonyl (C=O) groups excluding carboxylic acids is 1. The standard InChI is InChI=1S/C18H19NO2/c1-3-21-17-11-9-16(10-12-17)19-14(2)13-18(20)15-7-5-4-6-8-15/h4-13,19H,3H2,1-2H3/b14-13+. The van der Waals surface area contributed by atoms with E-state index in [1.54, 1.807) is 6.08 Å². The molecule has 0 heterocycles. The first-order valence-corrected chi connectivity index (χ1v) is 6.96. The fourth-order valence-electron chi connectivity index (χ4n) is 1.95. The van der Waals surface area contributed by atoms with Crippen molar-refractivity contribution in [3.8, 4) is 5.75 Å². The van der Waals surface area contributed by atoms with Crippen molar-refractivity contribution >= 4 is 11.5 Å². The Balaban J connectivity index is 2.01. The second-order valence-electron chi connectivity index (χ2n) is 4.64. The van der Waals surface area contributed by atoms with Crippen LogP contribution in [0, 0.1) is 0 Å². The van der Waals surface area contributed by atoms with Crippen LogP contribution in [0.15, 0.2) is 66.4 Å². The molecule has 2 rings (SSSR count). The summed E-state index contributed by atoms with van der Waals surface area (Å²) < 4.78 is 5.39. The third-order valence-corrected chi connectivity index (χ3v) is 2.91. The van der Waals surface area contributed by atoms with Gasteiger partial charge in [-0.15, -0.1) is 0 Å². The molecule has 2 aromatic carbocycles. The molecular formula is C18H19NO2. The Labute approximate surface area is 125 Å². The Morgan fingerprint density at radius 3 is 2.38 bits per heavy atom. The van der Waals surface area contributed by atoms with E-state index in [-0.39, 0.29) is 5.78 Å². The summed E-state index contributed by atoms with van der Waals surface area (Å²) in [6, 6.07) is 16.9. The first kappa shape index (κ1) is 14.9. The van der Waals surface area contributed by atoms with Gasteiger partial charge in [0.25, 0.3) is 0 Å². The van der Waals surface area contributed by atoms with E-state index in [2.05, 4.69) is 5.32 Å². The lowest BCUT2D eigenvalue weighted by Gasteiger charge is -2.08. The molecule has 0 aliphatic rings. The van der Waals surface area contributed by atoms with Gasteiger partial charge < -0.3 is 10.1 Å². The number of ketones is 1. The van der Waals surface area contributed by atoms with E-state index >= 15 is 0 Å². The predicted molar refractivity (Wildman–Crippen MR) is 85.8 cm³/mol. The Bertz CT molecular complexity index is 615. The smallest absolute Gasteiger partial charge is 0.187 e. The second kappa shape index (κ2) is 7.29. The van der Waals surface area contributed by atoms with Crippen LogP contribution in [0.25, 0.3) is 0 Å². The van der Waals surface area contributed by atoms with E-state index in [1.807, 2.05) is 68.4 Å². The molecule has 0 spiro atoms. The average Bonchev–Trinajstić information content (AvgIpc) is 2.50. The van der Waals surface area contributed by atoms with Crippen molar-refractivity contribution in [2.75, 3.05) is 11.9 Å². The Morgan fingerprint density at radius 1 is 1.10 bits per heavy atom. The minimum absolute atomic E-state index is 0.00784. The van der Waals surface area contributed by atoms with Crippen LogP contribution < -0.4 is 10.1 Å². The van der Waals surface area contributed by atoms with E-state index in [4.69, 9.17) is 4.74 Å². The molecule has 0 bridgehead atoms. The lowest BCUT2D eigenvalue weighted by Crippen LogP contribution is -2.01. The monoisotopic (exact) mass is 281 g/mol. The summed E-state index contributed by atoms with van der Waals surface area (Å²) in [5.41, 5.74) is 2.41. The lowest BCUT2D eigenvalue weighted by atomic mass is 10.1. The molecule has 3 heteroatoms. The molecule has 0 amide bonds. The molecule has 21 heavy (non-hydrogen) atoms. The van der Waals surface area contributed by atoms with Gasteiger partial charge in [-0.25, -0.2) is 0 Å². The van der Waals surface area contributed by atoms with Crippen molar-refractivity contribution in [1.82, 2.24) is 0 Å². The zero-order valence-electron chi connectivity index (χ0n) is 12.3. The molecule has 0 saturated carbocycles. The van der Waals surface area contributed by atoms with Gasteiger partial charge >= 0.3 is 0 Å². The van der Waals surface area contributed by atoms with Crippen molar-refractivity contribution in [2.45, 2.75) is 13.8 Å². The molecule has 0 aliphatic heterocycles. The molecular weight excluding hydrogens is 262 g/mol. The summed E-state index contributed by atoms with van der Waals surface area (Å²) in [5.74, 6) is 0.830. The van der Waals surface area contributed by atoms with Crippen LogP contribution in [0.1, 0.15) is 24.2 Å². The first-order chi connectivity index (χ1) is 10.2. The number of hydrogen-bond acceptors (Lipinski definition) is 3. The summed E-state index contributed by atoms with van der Waals surface area (Å²) in [6.07, 6.45) is 1.60. The SMILES string of the molecule is CCOc1ccc(N/C(C)=C/C(=O)c2ccccc2)cc1. The van der Waals surface area contributed by atoms with Crippen molar-refractivity contribution in [1.29, 1.82) is 0 Å². The molecule has 0 aromatic heterocycles. The van der Waals surface area contributed by atoms with E-state index in [9.17, 15) is 4.79 Å². The van der Waals surface area contributed by atoms with Crippen LogP contribution in [0.2, 0.25) is 0 Å². The molecule has 108 valence electrons. The molecule has 0 fully saturated rings. The van der Waals surface area contributed by atoms with Gasteiger partial charge in [-0.2, -0.15) is 0 Å². The maximum absolute atomic E-state index is 12.0. The summed E-state index contributed by atoms with van der Waals surface area (Å²) in [6.45, 7) is 4.48. The number of benzene rings is 2. The van der Waals surface area contributed by atoms with Crippen LogP contribution in [-0.4, -0.2) is 12.4 Å². The molecule has 0 aliphatic carbocycles. The minimum atomic E-state index is -0.00784. The zero-order valence-corrected chi connectivity index (χ0v) is 12.3. The highest BCUT2D eigenvalue weighted by Crippen LogP contribution is 2.17. The third-order valence-electron chi connectivity index (χ3n) is 2.91. The van der Waals surface area contributed by atoms with Gasteiger partial charge in [0.2, 0.25) is 0 Å². The van der Waals surface area contributed by atoms with Gasteiger partial charge in [0, 0.05) is 23.0 Å². The van der Waals surface area contributed by atoms with Gasteiger partial charge in [0.1, 0.15) is 5.75 Å². The number of ether oxygens (including phenoxy) is 1. The first-order valence-electron chi connectivity index (χ1n) is 6.96. The normalized spacial score (nSPS) is 11.0. The van der Waals surface area contributed by atoms with Crippen LogP contribution in [0.5, 0.6) is 5.75 Å². The van der Waals surface area contributed by atoms with Gasteiger partial charge in [0.05, 0.1) is 6.61 Å². The minimum Gasteiger partial charge on any atom is -0.494 e. The second-order valence-corrected chi connectivity index (χ2v) is 4.64. The van der Waals surface area contributed by atoms with Gasteiger partial charge in [-0.3, -0.25) is 4.79 Å². The van der Waals surface area contributed by atoms with Crippen LogP contribution >= 0.6 is 0 Å². The van der Waals surface area contributed by atoms with Gasteiger partial charge in [-0.1, -0.05) is 30.3 Å². The number of anilines is 1. The lowest BCUT2D eigenvalue weighted by molar-refractivity contribution is 0.104. The van der Waals surface area contributed by atoms with Crippen molar-refractivity contribution in [2.24, 2.45) is 0 Å². The highest BCUT2D eigenvalue weighted by Gasteiger charge is 2.02. The predicted octanol–water partition coefficient (Wildman–Crippen LogP) is 4.28. The summed E-state index contributed by atoms with van der Waals surface area (Å²) >= 11 is 0. The maximum Gasteiger partial charge on any atom is 0.187 e. The number of hydrogen-bond donors (Lipinski definition) is 1. The quantitative estimate of drug-likeness (QED) is 0.634. The number of rotatable bonds is 6. The maximum atomic E-state index is 12.0. The molecule has 0 saturated heterocycles. The van der Waals surface area contributed by atoms with Crippen molar-refractivity contribution in [3.05, 3.63) is 71.9 Å². The topological polar surface area (TPSA) is 38.3 Å². The Hall–Kier alpha value is -2.55.